The fourth-order valence-electron chi connectivity index (χ4n) is 4.80. The molecule has 0 unspecified atom stereocenters. The molecule has 0 aliphatic carbocycles. The van der Waals surface area contributed by atoms with Gasteiger partial charge >= 0.3 is 6.03 Å². The maximum Gasteiger partial charge on any atom is 0.315 e. The molecule has 208 valence electrons. The number of carbonyl (C=O) groups is 1. The lowest BCUT2D eigenvalue weighted by molar-refractivity contribution is 0.124. The Bertz CT molecular complexity index is 1380. The van der Waals surface area contributed by atoms with Crippen molar-refractivity contribution in [3.8, 4) is 0 Å². The summed E-state index contributed by atoms with van der Waals surface area (Å²) in [5, 5.41) is 19.7. The lowest BCUT2D eigenvalue weighted by atomic mass is 9.97. The molecule has 4 N–H and O–H groups in total. The zero-order valence-corrected chi connectivity index (χ0v) is 22.5. The number of amides is 2. The minimum atomic E-state index is -3.35. The van der Waals surface area contributed by atoms with Crippen LogP contribution in [-0.2, 0) is 35.0 Å². The molecule has 39 heavy (non-hydrogen) atoms. The highest BCUT2D eigenvalue weighted by Crippen LogP contribution is 2.29. The minimum Gasteiger partial charge on any atom is -0.390 e. The molecule has 0 fully saturated rings. The van der Waals surface area contributed by atoms with Crippen LogP contribution < -0.4 is 16.0 Å². The topological polar surface area (TPSA) is 108 Å². The highest BCUT2D eigenvalue weighted by Gasteiger charge is 2.31. The van der Waals surface area contributed by atoms with Crippen molar-refractivity contribution in [1.82, 2.24) is 16.0 Å². The van der Waals surface area contributed by atoms with Crippen molar-refractivity contribution in [1.29, 1.82) is 0 Å². The number of halogens is 2. The summed E-state index contributed by atoms with van der Waals surface area (Å²) in [6.07, 6.45) is -0.444. The van der Waals surface area contributed by atoms with Crippen LogP contribution >= 0.6 is 0 Å². The predicted molar refractivity (Wildman–Crippen MR) is 146 cm³/mol. The monoisotopic (exact) mass is 557 g/mol. The molecule has 0 spiro atoms. The molecule has 3 atom stereocenters. The third kappa shape index (κ3) is 8.08. The van der Waals surface area contributed by atoms with E-state index < -0.39 is 45.7 Å². The van der Waals surface area contributed by atoms with E-state index in [0.29, 0.717) is 0 Å². The lowest BCUT2D eigenvalue weighted by Crippen LogP contribution is -2.52. The number of rotatable bonds is 10. The molecule has 0 saturated carbocycles. The fraction of sp³-hybridized carbons (Fsp3) is 0.345. The van der Waals surface area contributed by atoms with E-state index in [1.807, 2.05) is 55.5 Å². The van der Waals surface area contributed by atoms with Crippen LogP contribution in [0.5, 0.6) is 0 Å². The van der Waals surface area contributed by atoms with Crippen LogP contribution in [0.1, 0.15) is 40.8 Å². The Hall–Kier alpha value is -3.34. The summed E-state index contributed by atoms with van der Waals surface area (Å²) in [5.41, 5.74) is 3.80. The van der Waals surface area contributed by atoms with E-state index in [0.717, 1.165) is 46.9 Å². The van der Waals surface area contributed by atoms with Gasteiger partial charge in [0.15, 0.2) is 9.84 Å². The third-order valence-corrected chi connectivity index (χ3v) is 8.41. The van der Waals surface area contributed by atoms with Crippen molar-refractivity contribution < 1.29 is 27.1 Å². The molecule has 0 bridgehead atoms. The van der Waals surface area contributed by atoms with Gasteiger partial charge < -0.3 is 21.1 Å². The Morgan fingerprint density at radius 2 is 1.72 bits per heavy atom. The van der Waals surface area contributed by atoms with Gasteiger partial charge in [-0.1, -0.05) is 55.5 Å². The Morgan fingerprint density at radius 3 is 2.41 bits per heavy atom. The molecule has 0 saturated heterocycles. The van der Waals surface area contributed by atoms with E-state index in [1.54, 1.807) is 0 Å². The van der Waals surface area contributed by atoms with Crippen LogP contribution in [-0.4, -0.2) is 44.0 Å². The first-order valence-electron chi connectivity index (χ1n) is 12.9. The van der Waals surface area contributed by atoms with Crippen LogP contribution in [0.3, 0.4) is 0 Å². The molecule has 2 amide bonds. The first-order chi connectivity index (χ1) is 18.6. The normalized spacial score (nSPS) is 17.6. The van der Waals surface area contributed by atoms with Gasteiger partial charge in [0.1, 0.15) is 11.6 Å². The number of benzene rings is 3. The van der Waals surface area contributed by atoms with Crippen LogP contribution in [0, 0.1) is 11.6 Å². The van der Waals surface area contributed by atoms with E-state index in [9.17, 15) is 27.1 Å². The summed E-state index contributed by atoms with van der Waals surface area (Å²) in [5.74, 6) is -1.68. The zero-order chi connectivity index (χ0) is 28.0. The summed E-state index contributed by atoms with van der Waals surface area (Å²) in [7, 11) is -3.35. The second kappa shape index (κ2) is 12.7. The van der Waals surface area contributed by atoms with Gasteiger partial charge in [0.25, 0.3) is 0 Å². The quantitative estimate of drug-likeness (QED) is 0.305. The minimum absolute atomic E-state index is 0.0377. The van der Waals surface area contributed by atoms with Crippen molar-refractivity contribution in [2.75, 3.05) is 12.3 Å². The first kappa shape index (κ1) is 28.7. The van der Waals surface area contributed by atoms with Gasteiger partial charge in [-0.2, -0.15) is 0 Å². The van der Waals surface area contributed by atoms with Crippen molar-refractivity contribution in [3.05, 3.63) is 106 Å². The van der Waals surface area contributed by atoms with E-state index in [2.05, 4.69) is 16.0 Å². The SMILES string of the molecule is CCc1ccc2c(c1)[C@H](NC[C@H](O)[C@@H](Cc1cc(F)cc(F)c1)NC(=O)NCc1ccccc1)CS(=O)(=O)C2. The predicted octanol–water partition coefficient (Wildman–Crippen LogP) is 3.56. The average Bonchev–Trinajstić information content (AvgIpc) is 2.89. The van der Waals surface area contributed by atoms with E-state index in [1.165, 1.54) is 0 Å². The standard InChI is InChI=1S/C29H33F2N3O4S/c1-2-19-8-9-22-17-39(37,38)18-27(25(22)12-19)32-16-28(35)26(13-21-10-23(30)14-24(31)11-21)34-29(36)33-15-20-6-4-3-5-7-20/h3-12,14,26-28,32,35H,2,13,15-18H2,1H3,(H2,33,34,36)/t26-,27-,28+/m1/s1. The first-order valence-corrected chi connectivity index (χ1v) is 14.7. The molecule has 0 aromatic heterocycles. The number of urea groups is 1. The van der Waals surface area contributed by atoms with Gasteiger partial charge in [0, 0.05) is 25.2 Å². The number of carbonyl (C=O) groups excluding carboxylic acids is 1. The van der Waals surface area contributed by atoms with E-state index in [4.69, 9.17) is 0 Å². The van der Waals surface area contributed by atoms with Gasteiger partial charge in [0.2, 0.25) is 0 Å². The molecule has 10 heteroatoms. The number of hydrogen-bond donors (Lipinski definition) is 4. The highest BCUT2D eigenvalue weighted by molar-refractivity contribution is 7.90. The van der Waals surface area contributed by atoms with Crippen molar-refractivity contribution in [2.45, 2.75) is 50.3 Å². The van der Waals surface area contributed by atoms with Crippen LogP contribution in [0.2, 0.25) is 0 Å². The van der Waals surface area contributed by atoms with Gasteiger partial charge in [-0.25, -0.2) is 22.0 Å². The Labute approximate surface area is 227 Å². The largest absolute Gasteiger partial charge is 0.390 e. The molecule has 4 rings (SSSR count). The number of sulfone groups is 1. The number of hydrogen-bond acceptors (Lipinski definition) is 5. The third-order valence-electron chi connectivity index (χ3n) is 6.82. The maximum atomic E-state index is 13.8. The van der Waals surface area contributed by atoms with Gasteiger partial charge in [-0.15, -0.1) is 0 Å². The number of aliphatic hydroxyl groups is 1. The molecule has 3 aromatic carbocycles. The Morgan fingerprint density at radius 1 is 1.00 bits per heavy atom. The molecule has 0 radical (unpaired) electrons. The van der Waals surface area contributed by atoms with Crippen LogP contribution in [0.15, 0.2) is 66.7 Å². The fourth-order valence-corrected chi connectivity index (χ4v) is 6.46. The molecule has 7 nitrogen and oxygen atoms in total. The van der Waals surface area contributed by atoms with Crippen LogP contribution in [0.25, 0.3) is 0 Å². The zero-order valence-electron chi connectivity index (χ0n) is 21.7. The van der Waals surface area contributed by atoms with Gasteiger partial charge in [-0.3, -0.25) is 0 Å². The van der Waals surface area contributed by atoms with Crippen LogP contribution in [0.4, 0.5) is 13.6 Å². The summed E-state index contributed by atoms with van der Waals surface area (Å²) >= 11 is 0. The molecular formula is C29H33F2N3O4S. The van der Waals surface area contributed by atoms with Crippen molar-refractivity contribution in [3.63, 3.8) is 0 Å². The summed E-state index contributed by atoms with van der Waals surface area (Å²) in [6.45, 7) is 2.21. The number of aliphatic hydroxyl groups excluding tert-OH is 1. The molecule has 1 aliphatic heterocycles. The maximum absolute atomic E-state index is 13.8. The second-order valence-corrected chi connectivity index (χ2v) is 12.0. The Kier molecular flexibility index (Phi) is 9.32. The highest BCUT2D eigenvalue weighted by atomic mass is 32.2. The van der Waals surface area contributed by atoms with Gasteiger partial charge in [0.05, 0.1) is 23.7 Å². The second-order valence-electron chi connectivity index (χ2n) is 9.87. The average molecular weight is 558 g/mol. The molecule has 3 aromatic rings. The molecular weight excluding hydrogens is 524 g/mol. The molecule has 1 heterocycles. The number of nitrogens with one attached hydrogen (secondary N) is 3. The summed E-state index contributed by atoms with van der Waals surface area (Å²) in [6, 6.07) is 16.0. The van der Waals surface area contributed by atoms with E-state index in [-0.39, 0.29) is 36.6 Å². The van der Waals surface area contributed by atoms with Gasteiger partial charge in [-0.05, 0) is 52.8 Å². The number of fused-ring (bicyclic) bond motifs is 1. The van der Waals surface area contributed by atoms with Crippen molar-refractivity contribution >= 4 is 15.9 Å². The number of aryl methyl sites for hydroxylation is 1. The lowest BCUT2D eigenvalue weighted by Gasteiger charge is -2.30. The van der Waals surface area contributed by atoms with E-state index >= 15 is 0 Å². The smallest absolute Gasteiger partial charge is 0.315 e. The Balaban J connectivity index is 1.48. The molecule has 1 aliphatic rings. The summed E-state index contributed by atoms with van der Waals surface area (Å²) in [4.78, 5) is 12.7. The van der Waals surface area contributed by atoms with Crippen molar-refractivity contribution in [2.24, 2.45) is 0 Å². The summed E-state index contributed by atoms with van der Waals surface area (Å²) < 4.78 is 52.8.